The summed E-state index contributed by atoms with van der Waals surface area (Å²) in [6.07, 6.45) is 0. The van der Waals surface area contributed by atoms with E-state index in [9.17, 15) is 4.79 Å². The van der Waals surface area contributed by atoms with Crippen LogP contribution in [0.5, 0.6) is 0 Å². The predicted octanol–water partition coefficient (Wildman–Crippen LogP) is 7.38. The van der Waals surface area contributed by atoms with Gasteiger partial charge >= 0.3 is 5.97 Å². The van der Waals surface area contributed by atoms with Gasteiger partial charge in [0.05, 0.1) is 47.2 Å². The maximum absolute atomic E-state index is 12.3. The number of para-hydroxylation sites is 3. The number of nitrogens with zero attached hydrogens (tertiary/aromatic N) is 5. The lowest BCUT2D eigenvalue weighted by molar-refractivity contribution is 0.0600. The minimum atomic E-state index is -0.374. The fourth-order valence-electron chi connectivity index (χ4n) is 5.87. The summed E-state index contributed by atoms with van der Waals surface area (Å²) >= 11 is 0. The van der Waals surface area contributed by atoms with Gasteiger partial charge in [0.15, 0.2) is 17.5 Å². The lowest BCUT2D eigenvalue weighted by Crippen LogP contribution is -2.48. The van der Waals surface area contributed by atoms with Crippen molar-refractivity contribution >= 4 is 40.5 Å². The van der Waals surface area contributed by atoms with Crippen LogP contribution in [0.3, 0.4) is 0 Å². The molecule has 0 bridgehead atoms. The highest BCUT2D eigenvalue weighted by atomic mass is 16.5. The van der Waals surface area contributed by atoms with Crippen LogP contribution in [0.4, 0.5) is 22.9 Å². The number of aliphatic imine (C=N–C) groups is 2. The first-order chi connectivity index (χ1) is 20.9. The third-order valence-electron chi connectivity index (χ3n) is 7.91. The van der Waals surface area contributed by atoms with E-state index in [1.54, 1.807) is 0 Å². The standard InChI is InChI=1S/C35H30N6O2/c1-21-14-19-27(22(2)20-21)36-32-34-38-33-30(23(3)39-41(33)26-10-6-5-7-11-26)31(24-15-17-25(18-16-24)35(42)43-4)40(34)29-13-9-8-12-28(29)37-32/h5-20,31H,1-4H3,(H,36,37)/t31-/m1/s1. The van der Waals surface area contributed by atoms with Crippen LogP contribution >= 0.6 is 0 Å². The Morgan fingerprint density at radius 1 is 0.907 bits per heavy atom. The fraction of sp³-hybridized carbons (Fsp3) is 0.143. The number of carbonyl (C=O) groups is 1. The number of hydrogen-bond acceptors (Lipinski definition) is 6. The highest BCUT2D eigenvalue weighted by molar-refractivity contribution is 6.52. The number of esters is 1. The van der Waals surface area contributed by atoms with Gasteiger partial charge in [-0.25, -0.2) is 19.5 Å². The van der Waals surface area contributed by atoms with E-state index >= 15 is 0 Å². The Morgan fingerprint density at radius 2 is 1.65 bits per heavy atom. The van der Waals surface area contributed by atoms with Crippen LogP contribution in [0.25, 0.3) is 5.69 Å². The lowest BCUT2D eigenvalue weighted by Gasteiger charge is -2.42. The summed E-state index contributed by atoms with van der Waals surface area (Å²) in [7, 11) is 1.39. The van der Waals surface area contributed by atoms with E-state index in [4.69, 9.17) is 19.8 Å². The first-order valence-corrected chi connectivity index (χ1v) is 14.2. The van der Waals surface area contributed by atoms with Gasteiger partial charge < -0.3 is 15.0 Å². The zero-order chi connectivity index (χ0) is 29.7. The first-order valence-electron chi connectivity index (χ1n) is 14.2. The van der Waals surface area contributed by atoms with Crippen molar-refractivity contribution in [2.24, 2.45) is 9.98 Å². The average Bonchev–Trinajstić information content (AvgIpc) is 3.37. The van der Waals surface area contributed by atoms with Gasteiger partial charge in [-0.1, -0.05) is 60.2 Å². The topological polar surface area (TPSA) is 84.1 Å². The lowest BCUT2D eigenvalue weighted by atomic mass is 9.92. The Kier molecular flexibility index (Phi) is 6.39. The second-order valence-electron chi connectivity index (χ2n) is 10.8. The molecule has 212 valence electrons. The van der Waals surface area contributed by atoms with Crippen LogP contribution < -0.4 is 10.2 Å². The van der Waals surface area contributed by atoms with Crippen LogP contribution in [0.1, 0.15) is 44.3 Å². The smallest absolute Gasteiger partial charge is 0.337 e. The van der Waals surface area contributed by atoms with Gasteiger partial charge in [-0.3, -0.25) is 0 Å². The molecule has 0 amide bonds. The normalized spacial score (nSPS) is 16.1. The van der Waals surface area contributed by atoms with Crippen LogP contribution in [0, 0.1) is 20.8 Å². The molecule has 0 saturated heterocycles. The van der Waals surface area contributed by atoms with E-state index in [2.05, 4.69) is 48.3 Å². The Morgan fingerprint density at radius 3 is 2.40 bits per heavy atom. The van der Waals surface area contributed by atoms with E-state index < -0.39 is 0 Å². The zero-order valence-electron chi connectivity index (χ0n) is 24.4. The minimum Gasteiger partial charge on any atom is -0.465 e. The third kappa shape index (κ3) is 4.48. The third-order valence-corrected chi connectivity index (χ3v) is 7.91. The summed E-state index contributed by atoms with van der Waals surface area (Å²) in [6.45, 7) is 6.17. The molecule has 1 aromatic heterocycles. The fourth-order valence-corrected chi connectivity index (χ4v) is 5.87. The first kappa shape index (κ1) is 26.4. The number of aromatic nitrogens is 2. The van der Waals surface area contributed by atoms with Gasteiger partial charge in [-0.2, -0.15) is 5.10 Å². The molecule has 4 aromatic carbocycles. The summed E-state index contributed by atoms with van der Waals surface area (Å²) in [5, 5.41) is 8.57. The SMILES string of the molecule is COC(=O)c1ccc([C@@H]2c3c(C)nn(-c4ccccc4)c3N=C3C(=Nc4ccc(C)cc4C)Nc4ccccc4N32)cc1. The summed E-state index contributed by atoms with van der Waals surface area (Å²) < 4.78 is 6.87. The second kappa shape index (κ2) is 10.4. The molecule has 8 heteroatoms. The van der Waals surface area contributed by atoms with Crippen molar-refractivity contribution in [3.05, 3.63) is 131 Å². The predicted molar refractivity (Wildman–Crippen MR) is 171 cm³/mol. The molecule has 43 heavy (non-hydrogen) atoms. The van der Waals surface area contributed by atoms with E-state index in [0.717, 1.165) is 51.0 Å². The zero-order valence-corrected chi connectivity index (χ0v) is 24.4. The number of benzene rings is 4. The number of methoxy groups -OCH3 is 1. The van der Waals surface area contributed by atoms with Gasteiger partial charge in [0.1, 0.15) is 0 Å². The molecule has 0 radical (unpaired) electrons. The highest BCUT2D eigenvalue weighted by Crippen LogP contribution is 2.47. The molecule has 0 aliphatic carbocycles. The Labute approximate surface area is 250 Å². The maximum atomic E-state index is 12.3. The molecule has 5 aromatic rings. The Hall–Kier alpha value is -5.50. The molecule has 2 aliphatic heterocycles. The minimum absolute atomic E-state index is 0.292. The van der Waals surface area contributed by atoms with Gasteiger partial charge in [-0.05, 0) is 74.4 Å². The molecule has 1 N–H and O–H groups in total. The van der Waals surface area contributed by atoms with Crippen LogP contribution in [0.2, 0.25) is 0 Å². The number of anilines is 2. The number of rotatable bonds is 4. The van der Waals surface area contributed by atoms with Gasteiger partial charge in [0.25, 0.3) is 0 Å². The summed E-state index contributed by atoms with van der Waals surface area (Å²) in [5.41, 5.74) is 9.28. The number of hydrogen-bond donors (Lipinski definition) is 1. The maximum Gasteiger partial charge on any atom is 0.337 e. The van der Waals surface area contributed by atoms with E-state index in [-0.39, 0.29) is 12.0 Å². The molecule has 0 unspecified atom stereocenters. The largest absolute Gasteiger partial charge is 0.465 e. The van der Waals surface area contributed by atoms with Crippen LogP contribution in [-0.4, -0.2) is 34.5 Å². The summed E-state index contributed by atoms with van der Waals surface area (Å²) in [4.78, 5) is 25.0. The number of fused-ring (bicyclic) bond motifs is 4. The van der Waals surface area contributed by atoms with Gasteiger partial charge in [0, 0.05) is 5.56 Å². The molecule has 8 nitrogen and oxygen atoms in total. The van der Waals surface area contributed by atoms with Crippen LogP contribution in [0.15, 0.2) is 107 Å². The molecule has 1 atom stereocenters. The number of carbonyl (C=O) groups excluding carboxylic acids is 1. The number of ether oxygens (including phenoxy) is 1. The van der Waals surface area contributed by atoms with Gasteiger partial charge in [0.2, 0.25) is 0 Å². The second-order valence-corrected chi connectivity index (χ2v) is 10.8. The Balaban J connectivity index is 1.50. The molecule has 0 saturated carbocycles. The van der Waals surface area contributed by atoms with E-state index in [1.165, 1.54) is 12.7 Å². The van der Waals surface area contributed by atoms with Crippen molar-refractivity contribution < 1.29 is 9.53 Å². The number of amidine groups is 2. The number of aryl methyl sites for hydroxylation is 3. The highest BCUT2D eigenvalue weighted by Gasteiger charge is 2.42. The van der Waals surface area contributed by atoms with Crippen molar-refractivity contribution in [2.45, 2.75) is 26.8 Å². The summed E-state index contributed by atoms with van der Waals surface area (Å²) in [5.74, 6) is 1.70. The Bertz CT molecular complexity index is 1940. The quantitative estimate of drug-likeness (QED) is 0.230. The van der Waals surface area contributed by atoms with E-state index in [1.807, 2.05) is 84.4 Å². The van der Waals surface area contributed by atoms with Crippen molar-refractivity contribution in [1.29, 1.82) is 0 Å². The van der Waals surface area contributed by atoms with Gasteiger partial charge in [-0.15, -0.1) is 0 Å². The average molecular weight is 567 g/mol. The monoisotopic (exact) mass is 566 g/mol. The molecular formula is C35H30N6O2. The molecule has 3 heterocycles. The van der Waals surface area contributed by atoms with E-state index in [0.29, 0.717) is 17.2 Å². The number of nitrogens with one attached hydrogen (secondary N) is 1. The summed E-state index contributed by atoms with van der Waals surface area (Å²) in [6, 6.07) is 31.7. The van der Waals surface area contributed by atoms with Crippen LogP contribution in [-0.2, 0) is 4.74 Å². The molecular weight excluding hydrogens is 536 g/mol. The van der Waals surface area contributed by atoms with Crippen molar-refractivity contribution in [3.63, 3.8) is 0 Å². The molecule has 7 rings (SSSR count). The molecule has 0 fully saturated rings. The molecule has 0 spiro atoms. The van der Waals surface area contributed by atoms with Crippen molar-refractivity contribution in [3.8, 4) is 5.69 Å². The van der Waals surface area contributed by atoms with Crippen molar-refractivity contribution in [2.75, 3.05) is 17.3 Å². The molecule has 2 aliphatic rings. The van der Waals surface area contributed by atoms with Crippen molar-refractivity contribution in [1.82, 2.24) is 9.78 Å².